The Balaban J connectivity index is 1.65. The van der Waals surface area contributed by atoms with Gasteiger partial charge in [-0.15, -0.1) is 10.2 Å². The summed E-state index contributed by atoms with van der Waals surface area (Å²) >= 11 is 6.28. The summed E-state index contributed by atoms with van der Waals surface area (Å²) in [6, 6.07) is 8.04. The van der Waals surface area contributed by atoms with Crippen molar-refractivity contribution < 1.29 is 13.9 Å². The first-order valence-corrected chi connectivity index (χ1v) is 10.3. The van der Waals surface area contributed by atoms with Crippen LogP contribution in [0.25, 0.3) is 5.69 Å². The summed E-state index contributed by atoms with van der Waals surface area (Å²) < 4.78 is 25.7. The van der Waals surface area contributed by atoms with Crippen LogP contribution < -0.4 is 9.64 Å². The van der Waals surface area contributed by atoms with Crippen molar-refractivity contribution in [3.05, 3.63) is 58.8 Å². The standard InChI is InChI=1S/C20H18B3ClFN5O2/c1-31-18-5-3-14(9-26-18)30-17(11-32-20(21,22)23)27-28-19(30)29-7-6-12(10-29)15-4-2-13(25)8-16(15)24/h2-5,8-9,12H,6-7,10-11H2,1H3. The highest BCUT2D eigenvalue weighted by molar-refractivity contribution is 6.58. The van der Waals surface area contributed by atoms with Gasteiger partial charge in [-0.05, 0) is 35.5 Å². The van der Waals surface area contributed by atoms with E-state index in [4.69, 9.17) is 44.6 Å². The van der Waals surface area contributed by atoms with Gasteiger partial charge in [-0.3, -0.25) is 4.57 Å². The lowest BCUT2D eigenvalue weighted by Crippen LogP contribution is -2.34. The SMILES string of the molecule is [B]C([B])([B])OCc1nnc(N2CCC(c3ccc(F)cc3Cl)C2)n1-c1ccc(OC)nc1. The van der Waals surface area contributed by atoms with Gasteiger partial charge in [0.2, 0.25) is 11.8 Å². The molecular formula is C20H18B3ClFN5O2. The zero-order valence-corrected chi connectivity index (χ0v) is 18.2. The van der Waals surface area contributed by atoms with Crippen LogP contribution in [0.15, 0.2) is 36.5 Å². The first-order valence-electron chi connectivity index (χ1n) is 9.90. The Bertz CT molecular complexity index is 1090. The number of hydrogen-bond acceptors (Lipinski definition) is 6. The van der Waals surface area contributed by atoms with E-state index in [1.165, 1.54) is 12.1 Å². The van der Waals surface area contributed by atoms with Crippen molar-refractivity contribution in [2.24, 2.45) is 0 Å². The van der Waals surface area contributed by atoms with E-state index in [2.05, 4.69) is 20.1 Å². The van der Waals surface area contributed by atoms with Crippen molar-refractivity contribution in [3.63, 3.8) is 0 Å². The fourth-order valence-corrected chi connectivity index (χ4v) is 4.03. The maximum absolute atomic E-state index is 13.5. The van der Waals surface area contributed by atoms with Crippen LogP contribution in [0.4, 0.5) is 10.3 Å². The van der Waals surface area contributed by atoms with Gasteiger partial charge in [0.25, 0.3) is 0 Å². The number of ether oxygens (including phenoxy) is 2. The fraction of sp³-hybridized carbons (Fsp3) is 0.350. The Kier molecular flexibility index (Phi) is 6.48. The largest absolute Gasteiger partial charge is 0.481 e. The molecule has 0 spiro atoms. The number of nitrogens with zero attached hydrogens (tertiary/aromatic N) is 5. The monoisotopic (exact) mass is 447 g/mol. The molecule has 0 bridgehead atoms. The molecule has 1 saturated heterocycles. The predicted octanol–water partition coefficient (Wildman–Crippen LogP) is 2.09. The zero-order valence-electron chi connectivity index (χ0n) is 17.4. The van der Waals surface area contributed by atoms with E-state index in [9.17, 15) is 4.39 Å². The second-order valence-electron chi connectivity index (χ2n) is 7.55. The first kappa shape index (κ1) is 22.7. The van der Waals surface area contributed by atoms with Gasteiger partial charge in [0, 0.05) is 30.1 Å². The Morgan fingerprint density at radius 1 is 1.22 bits per heavy atom. The van der Waals surface area contributed by atoms with Gasteiger partial charge in [-0.25, -0.2) is 9.37 Å². The van der Waals surface area contributed by atoms with Crippen molar-refractivity contribution in [1.82, 2.24) is 19.7 Å². The minimum Gasteiger partial charge on any atom is -0.481 e. The van der Waals surface area contributed by atoms with Gasteiger partial charge in [-0.1, -0.05) is 17.7 Å². The lowest BCUT2D eigenvalue weighted by Gasteiger charge is -2.22. The third-order valence-electron chi connectivity index (χ3n) is 5.23. The number of anilines is 1. The molecule has 4 rings (SSSR count). The third kappa shape index (κ3) is 4.94. The molecule has 1 fully saturated rings. The molecule has 1 atom stereocenters. The van der Waals surface area contributed by atoms with E-state index in [0.29, 0.717) is 41.5 Å². The Hall–Kier alpha value is -2.52. The van der Waals surface area contributed by atoms with Gasteiger partial charge in [0.15, 0.2) is 5.82 Å². The number of benzene rings is 1. The second-order valence-corrected chi connectivity index (χ2v) is 7.96. The fourth-order valence-electron chi connectivity index (χ4n) is 3.71. The molecule has 3 heterocycles. The molecule has 0 N–H and O–H groups in total. The summed E-state index contributed by atoms with van der Waals surface area (Å²) in [6.45, 7) is 1.27. The van der Waals surface area contributed by atoms with Crippen molar-refractivity contribution in [3.8, 4) is 11.6 Å². The van der Waals surface area contributed by atoms with Gasteiger partial charge >= 0.3 is 0 Å². The molecule has 32 heavy (non-hydrogen) atoms. The summed E-state index contributed by atoms with van der Waals surface area (Å²) in [5, 5.41) is 7.22. The number of aromatic nitrogens is 4. The number of halogens is 2. The van der Waals surface area contributed by atoms with Crippen LogP contribution in [0.3, 0.4) is 0 Å². The van der Waals surface area contributed by atoms with Crippen LogP contribution in [0, 0.1) is 5.82 Å². The average Bonchev–Trinajstić information content (AvgIpc) is 3.39. The van der Waals surface area contributed by atoms with Crippen molar-refractivity contribution >= 4 is 41.1 Å². The summed E-state index contributed by atoms with van der Waals surface area (Å²) in [7, 11) is 18.2. The molecule has 1 aliphatic rings. The normalized spacial score (nSPS) is 16.5. The van der Waals surface area contributed by atoms with E-state index >= 15 is 0 Å². The van der Waals surface area contributed by atoms with Crippen LogP contribution in [0.2, 0.25) is 5.02 Å². The van der Waals surface area contributed by atoms with E-state index in [0.717, 1.165) is 12.0 Å². The van der Waals surface area contributed by atoms with Crippen molar-refractivity contribution in [1.29, 1.82) is 0 Å². The molecule has 1 aliphatic heterocycles. The minimum absolute atomic E-state index is 0.0659. The van der Waals surface area contributed by atoms with Gasteiger partial charge < -0.3 is 14.4 Å². The summed E-state index contributed by atoms with van der Waals surface area (Å²) in [5.41, 5.74) is 1.60. The molecule has 0 amide bonds. The Morgan fingerprint density at radius 2 is 2.03 bits per heavy atom. The highest BCUT2D eigenvalue weighted by Gasteiger charge is 2.30. The van der Waals surface area contributed by atoms with Crippen molar-refractivity contribution in [2.75, 3.05) is 25.1 Å². The van der Waals surface area contributed by atoms with E-state index in [1.54, 1.807) is 30.0 Å². The molecule has 7 nitrogen and oxygen atoms in total. The summed E-state index contributed by atoms with van der Waals surface area (Å²) in [4.78, 5) is 6.34. The predicted molar refractivity (Wildman–Crippen MR) is 121 cm³/mol. The quantitative estimate of drug-likeness (QED) is 0.517. The van der Waals surface area contributed by atoms with E-state index < -0.39 is 5.30 Å². The molecule has 12 heteroatoms. The maximum Gasteiger partial charge on any atom is 0.232 e. The summed E-state index contributed by atoms with van der Waals surface area (Å²) in [6.07, 6.45) is 2.46. The van der Waals surface area contributed by atoms with Gasteiger partial charge in [-0.2, -0.15) is 0 Å². The highest BCUT2D eigenvalue weighted by atomic mass is 35.5. The van der Waals surface area contributed by atoms with E-state index in [1.807, 2.05) is 6.07 Å². The van der Waals surface area contributed by atoms with Crippen LogP contribution >= 0.6 is 11.6 Å². The lowest BCUT2D eigenvalue weighted by molar-refractivity contribution is 0.108. The lowest BCUT2D eigenvalue weighted by atomic mass is 9.52. The molecule has 0 saturated carbocycles. The molecule has 2 aromatic heterocycles. The van der Waals surface area contributed by atoms with Crippen LogP contribution in [-0.2, 0) is 11.3 Å². The van der Waals surface area contributed by atoms with Crippen LogP contribution in [0.5, 0.6) is 5.88 Å². The third-order valence-corrected chi connectivity index (χ3v) is 5.55. The van der Waals surface area contributed by atoms with Crippen LogP contribution in [0.1, 0.15) is 23.7 Å². The van der Waals surface area contributed by atoms with E-state index in [-0.39, 0.29) is 18.3 Å². The van der Waals surface area contributed by atoms with Gasteiger partial charge in [0.1, 0.15) is 12.4 Å². The molecule has 1 unspecified atom stereocenters. The van der Waals surface area contributed by atoms with Crippen LogP contribution in [-0.4, -0.2) is 68.8 Å². The Morgan fingerprint density at radius 3 is 2.69 bits per heavy atom. The molecule has 1 aromatic carbocycles. The molecule has 0 aliphatic carbocycles. The first-order chi connectivity index (χ1) is 15.2. The average molecular weight is 447 g/mol. The molecule has 158 valence electrons. The molecular weight excluding hydrogens is 429 g/mol. The Labute approximate surface area is 194 Å². The minimum atomic E-state index is -1.81. The number of pyridine rings is 1. The number of rotatable bonds is 7. The summed E-state index contributed by atoms with van der Waals surface area (Å²) in [5.74, 6) is 1.26. The molecule has 3 aromatic rings. The highest BCUT2D eigenvalue weighted by Crippen LogP contribution is 2.35. The van der Waals surface area contributed by atoms with Gasteiger partial charge in [0.05, 0.1) is 42.5 Å². The maximum atomic E-state index is 13.5. The topological polar surface area (TPSA) is 65.3 Å². The number of hydrogen-bond donors (Lipinski definition) is 0. The zero-order chi connectivity index (χ0) is 22.9. The van der Waals surface area contributed by atoms with Crippen molar-refractivity contribution in [2.45, 2.75) is 24.2 Å². The second kappa shape index (κ2) is 9.15. The smallest absolute Gasteiger partial charge is 0.232 e. The molecule has 6 radical (unpaired) electrons. The number of methoxy groups -OCH3 is 1.